The summed E-state index contributed by atoms with van der Waals surface area (Å²) in [5.74, 6) is -0.563. The third-order valence-corrected chi connectivity index (χ3v) is 2.82. The summed E-state index contributed by atoms with van der Waals surface area (Å²) in [5, 5.41) is 7.91. The van der Waals surface area contributed by atoms with Crippen molar-refractivity contribution in [1.29, 1.82) is 0 Å². The second kappa shape index (κ2) is 5.21. The Morgan fingerprint density at radius 3 is 2.76 bits per heavy atom. The van der Waals surface area contributed by atoms with E-state index in [9.17, 15) is 4.39 Å². The minimum atomic E-state index is -0.440. The lowest BCUT2D eigenvalue weighted by Crippen LogP contribution is -2.15. The fourth-order valence-electron chi connectivity index (χ4n) is 1.66. The average molecular weight is 252 g/mol. The van der Waals surface area contributed by atoms with Gasteiger partial charge in [-0.15, -0.1) is 0 Å². The van der Waals surface area contributed by atoms with Crippen LogP contribution >= 0.6 is 11.6 Å². The van der Waals surface area contributed by atoms with E-state index in [4.69, 9.17) is 17.3 Å². The van der Waals surface area contributed by atoms with E-state index in [2.05, 4.69) is 10.2 Å². The number of rotatable bonds is 3. The molecule has 17 heavy (non-hydrogen) atoms. The molecule has 0 aliphatic heterocycles. The van der Waals surface area contributed by atoms with Crippen LogP contribution < -0.4 is 5.73 Å². The summed E-state index contributed by atoms with van der Waals surface area (Å²) in [6.07, 6.45) is 1.59. The van der Waals surface area contributed by atoms with Crippen molar-refractivity contribution >= 4 is 11.6 Å². The molecule has 0 aliphatic carbocycles. The van der Waals surface area contributed by atoms with Crippen LogP contribution in [0.3, 0.4) is 0 Å². The molecule has 0 bridgehead atoms. The van der Waals surface area contributed by atoms with Crippen LogP contribution in [0.1, 0.15) is 17.2 Å². The zero-order valence-corrected chi connectivity index (χ0v) is 9.73. The standard InChI is InChI=1S/C12H11ClFN3/c13-10-6-8(3-4-11(10)14)9(7-15)12-2-1-5-16-17-12/h1-6,9H,7,15H2. The van der Waals surface area contributed by atoms with Crippen LogP contribution in [0.4, 0.5) is 4.39 Å². The quantitative estimate of drug-likeness (QED) is 0.911. The first-order valence-electron chi connectivity index (χ1n) is 5.15. The second-order valence-electron chi connectivity index (χ2n) is 3.61. The van der Waals surface area contributed by atoms with Gasteiger partial charge >= 0.3 is 0 Å². The molecule has 1 unspecified atom stereocenters. The van der Waals surface area contributed by atoms with Crippen molar-refractivity contribution in [3.8, 4) is 0 Å². The SMILES string of the molecule is NCC(c1ccc(F)c(Cl)c1)c1cccnn1. The van der Waals surface area contributed by atoms with Crippen LogP contribution in [-0.4, -0.2) is 16.7 Å². The maximum absolute atomic E-state index is 13.1. The molecule has 1 aromatic heterocycles. The summed E-state index contributed by atoms with van der Waals surface area (Å²) in [4.78, 5) is 0. The number of nitrogens with zero attached hydrogens (tertiary/aromatic N) is 2. The molecule has 1 aromatic carbocycles. The van der Waals surface area contributed by atoms with Gasteiger partial charge in [0.15, 0.2) is 0 Å². The van der Waals surface area contributed by atoms with Gasteiger partial charge in [-0.2, -0.15) is 10.2 Å². The van der Waals surface area contributed by atoms with Crippen LogP contribution in [0.25, 0.3) is 0 Å². The van der Waals surface area contributed by atoms with Crippen molar-refractivity contribution in [3.05, 3.63) is 58.6 Å². The second-order valence-corrected chi connectivity index (χ2v) is 4.02. The Balaban J connectivity index is 2.39. The first-order chi connectivity index (χ1) is 8.22. The molecule has 0 spiro atoms. The lowest BCUT2D eigenvalue weighted by atomic mass is 9.95. The van der Waals surface area contributed by atoms with Gasteiger partial charge in [-0.1, -0.05) is 17.7 Å². The van der Waals surface area contributed by atoms with Crippen LogP contribution in [0.5, 0.6) is 0 Å². The van der Waals surface area contributed by atoms with Gasteiger partial charge in [-0.05, 0) is 29.8 Å². The fourth-order valence-corrected chi connectivity index (χ4v) is 1.84. The highest BCUT2D eigenvalue weighted by Crippen LogP contribution is 2.25. The first kappa shape index (κ1) is 12.0. The molecule has 2 rings (SSSR count). The van der Waals surface area contributed by atoms with E-state index in [-0.39, 0.29) is 10.9 Å². The van der Waals surface area contributed by atoms with Gasteiger partial charge in [-0.3, -0.25) is 0 Å². The molecule has 88 valence electrons. The molecule has 0 saturated carbocycles. The number of hydrogen-bond donors (Lipinski definition) is 1. The summed E-state index contributed by atoms with van der Waals surface area (Å²) in [6, 6.07) is 8.19. The van der Waals surface area contributed by atoms with Gasteiger partial charge in [0.05, 0.1) is 10.7 Å². The van der Waals surface area contributed by atoms with E-state index in [0.717, 1.165) is 11.3 Å². The Morgan fingerprint density at radius 1 is 1.35 bits per heavy atom. The molecule has 1 heterocycles. The van der Waals surface area contributed by atoms with Crippen molar-refractivity contribution in [2.45, 2.75) is 5.92 Å². The van der Waals surface area contributed by atoms with E-state index < -0.39 is 5.82 Å². The highest BCUT2D eigenvalue weighted by Gasteiger charge is 2.15. The smallest absolute Gasteiger partial charge is 0.141 e. The van der Waals surface area contributed by atoms with Crippen molar-refractivity contribution in [2.24, 2.45) is 5.73 Å². The van der Waals surface area contributed by atoms with E-state index in [1.54, 1.807) is 24.4 Å². The third kappa shape index (κ3) is 2.60. The molecular weight excluding hydrogens is 241 g/mol. The lowest BCUT2D eigenvalue weighted by Gasteiger charge is -2.14. The van der Waals surface area contributed by atoms with Crippen LogP contribution in [0.15, 0.2) is 36.5 Å². The number of hydrogen-bond acceptors (Lipinski definition) is 3. The van der Waals surface area contributed by atoms with Gasteiger partial charge in [0.25, 0.3) is 0 Å². The van der Waals surface area contributed by atoms with Gasteiger partial charge in [0.2, 0.25) is 0 Å². The van der Waals surface area contributed by atoms with Gasteiger partial charge in [-0.25, -0.2) is 4.39 Å². The maximum Gasteiger partial charge on any atom is 0.141 e. The summed E-state index contributed by atoms with van der Waals surface area (Å²) in [5.41, 5.74) is 7.30. The molecule has 1 atom stereocenters. The maximum atomic E-state index is 13.1. The molecule has 0 amide bonds. The van der Waals surface area contributed by atoms with Gasteiger partial charge in [0, 0.05) is 18.7 Å². The van der Waals surface area contributed by atoms with Crippen LogP contribution in [0, 0.1) is 5.82 Å². The van der Waals surface area contributed by atoms with E-state index in [1.807, 2.05) is 6.07 Å². The zero-order valence-electron chi connectivity index (χ0n) is 8.98. The molecular formula is C12H11ClFN3. The Bertz CT molecular complexity index is 504. The van der Waals surface area contributed by atoms with E-state index in [1.165, 1.54) is 6.07 Å². The highest BCUT2D eigenvalue weighted by atomic mass is 35.5. The van der Waals surface area contributed by atoms with E-state index >= 15 is 0 Å². The molecule has 0 fully saturated rings. The van der Waals surface area contributed by atoms with Crippen molar-refractivity contribution < 1.29 is 4.39 Å². The minimum Gasteiger partial charge on any atom is -0.329 e. The molecule has 0 aliphatic rings. The predicted molar refractivity (Wildman–Crippen MR) is 64.3 cm³/mol. The van der Waals surface area contributed by atoms with Gasteiger partial charge in [0.1, 0.15) is 5.82 Å². The monoisotopic (exact) mass is 251 g/mol. The summed E-state index contributed by atoms with van der Waals surface area (Å²) >= 11 is 5.75. The molecule has 0 radical (unpaired) electrons. The predicted octanol–water partition coefficient (Wildman–Crippen LogP) is 2.36. The Kier molecular flexibility index (Phi) is 3.66. The molecule has 2 aromatic rings. The van der Waals surface area contributed by atoms with Crippen LogP contribution in [-0.2, 0) is 0 Å². The molecule has 0 saturated heterocycles. The summed E-state index contributed by atoms with van der Waals surface area (Å²) in [7, 11) is 0. The van der Waals surface area contributed by atoms with E-state index in [0.29, 0.717) is 6.54 Å². The Morgan fingerprint density at radius 2 is 2.18 bits per heavy atom. The fraction of sp³-hybridized carbons (Fsp3) is 0.167. The average Bonchev–Trinajstić information content (AvgIpc) is 2.36. The lowest BCUT2D eigenvalue weighted by molar-refractivity contribution is 0.626. The Labute approximate surface area is 103 Å². The zero-order chi connectivity index (χ0) is 12.3. The third-order valence-electron chi connectivity index (χ3n) is 2.53. The largest absolute Gasteiger partial charge is 0.329 e. The minimum absolute atomic E-state index is 0.0878. The number of benzene rings is 1. The highest BCUT2D eigenvalue weighted by molar-refractivity contribution is 6.30. The van der Waals surface area contributed by atoms with Gasteiger partial charge < -0.3 is 5.73 Å². The molecule has 2 N–H and O–H groups in total. The summed E-state index contributed by atoms with van der Waals surface area (Å²) in [6.45, 7) is 0.362. The normalized spacial score (nSPS) is 12.4. The number of halogens is 2. The molecule has 5 heteroatoms. The van der Waals surface area contributed by atoms with Crippen molar-refractivity contribution in [2.75, 3.05) is 6.54 Å². The van der Waals surface area contributed by atoms with Crippen LogP contribution in [0.2, 0.25) is 5.02 Å². The van der Waals surface area contributed by atoms with Crippen molar-refractivity contribution in [1.82, 2.24) is 10.2 Å². The topological polar surface area (TPSA) is 51.8 Å². The molecule has 3 nitrogen and oxygen atoms in total. The number of aromatic nitrogens is 2. The Hall–Kier alpha value is -1.52. The number of nitrogens with two attached hydrogens (primary N) is 1. The van der Waals surface area contributed by atoms with Crippen molar-refractivity contribution in [3.63, 3.8) is 0 Å². The summed E-state index contributed by atoms with van der Waals surface area (Å²) < 4.78 is 13.1. The first-order valence-corrected chi connectivity index (χ1v) is 5.52.